The van der Waals surface area contributed by atoms with E-state index >= 15 is 0 Å². The van der Waals surface area contributed by atoms with Gasteiger partial charge in [0, 0.05) is 27.2 Å². The van der Waals surface area contributed by atoms with Gasteiger partial charge in [-0.1, -0.05) is 59.1 Å². The summed E-state index contributed by atoms with van der Waals surface area (Å²) in [4.78, 5) is 12.8. The molecular weight excluding hydrogens is 587 g/mol. The van der Waals surface area contributed by atoms with Crippen molar-refractivity contribution in [3.8, 4) is 29.1 Å². The molecule has 0 fully saturated rings. The molecule has 1 heterocycles. The second-order valence-corrected chi connectivity index (χ2v) is 10.2. The number of rotatable bonds is 7. The van der Waals surface area contributed by atoms with Crippen LogP contribution in [0.4, 0.5) is 0 Å². The van der Waals surface area contributed by atoms with Crippen LogP contribution in [0.3, 0.4) is 0 Å². The Morgan fingerprint density at radius 2 is 1.80 bits per heavy atom. The van der Waals surface area contributed by atoms with Crippen LogP contribution in [0.2, 0.25) is 15.1 Å². The number of nitrogens with two attached hydrogens (primary N) is 1. The molecule has 41 heavy (non-hydrogen) atoms. The average Bonchev–Trinajstić information content (AvgIpc) is 2.96. The lowest BCUT2D eigenvalue weighted by atomic mass is 9.83. The summed E-state index contributed by atoms with van der Waals surface area (Å²) in [6, 6.07) is 24.2. The number of hydrogen-bond donors (Lipinski definition) is 1. The summed E-state index contributed by atoms with van der Waals surface area (Å²) >= 11 is 18.4. The molecule has 4 aromatic rings. The predicted octanol–water partition coefficient (Wildman–Crippen LogP) is 7.67. The average molecular weight is 608 g/mol. The maximum atomic E-state index is 12.8. The molecule has 0 bridgehead atoms. The Kier molecular flexibility index (Phi) is 8.27. The number of hydrogen-bond acceptors (Lipinski definition) is 7. The minimum atomic E-state index is -0.617. The van der Waals surface area contributed by atoms with Crippen LogP contribution >= 0.6 is 34.8 Å². The highest BCUT2D eigenvalue weighted by Crippen LogP contribution is 2.44. The number of carbonyl (C=O) groups excluding carboxylic acids is 1. The first-order valence-electron chi connectivity index (χ1n) is 12.2. The quantitative estimate of drug-likeness (QED) is 0.170. The van der Waals surface area contributed by atoms with Crippen LogP contribution in [-0.4, -0.2) is 13.1 Å². The molecule has 0 radical (unpaired) electrons. The van der Waals surface area contributed by atoms with Crippen molar-refractivity contribution < 1.29 is 23.7 Å². The molecule has 0 spiro atoms. The lowest BCUT2D eigenvalue weighted by Crippen LogP contribution is -2.21. The van der Waals surface area contributed by atoms with Gasteiger partial charge in [-0.15, -0.1) is 0 Å². The normalized spacial score (nSPS) is 14.0. The van der Waals surface area contributed by atoms with E-state index in [9.17, 15) is 10.1 Å². The Morgan fingerprint density at radius 3 is 2.54 bits per heavy atom. The Bertz CT molecular complexity index is 1730. The van der Waals surface area contributed by atoms with E-state index < -0.39 is 11.9 Å². The van der Waals surface area contributed by atoms with Crippen LogP contribution in [0, 0.1) is 11.3 Å². The number of nitrogens with zero attached hydrogens (tertiary/aromatic N) is 1. The molecule has 4 aromatic carbocycles. The third-order valence-electron chi connectivity index (χ3n) is 6.39. The highest BCUT2D eigenvalue weighted by Gasteiger charge is 2.31. The third-order valence-corrected chi connectivity index (χ3v) is 7.27. The molecular formula is C31H21Cl3N2O5. The van der Waals surface area contributed by atoms with Gasteiger partial charge in [0.05, 0.1) is 23.6 Å². The van der Waals surface area contributed by atoms with E-state index in [4.69, 9.17) is 59.5 Å². The van der Waals surface area contributed by atoms with Gasteiger partial charge >= 0.3 is 5.97 Å². The van der Waals surface area contributed by atoms with E-state index in [1.165, 1.54) is 13.2 Å². The van der Waals surface area contributed by atoms with E-state index in [-0.39, 0.29) is 34.4 Å². The van der Waals surface area contributed by atoms with Gasteiger partial charge in [0.1, 0.15) is 41.2 Å². The second kappa shape index (κ2) is 12.0. The maximum absolute atomic E-state index is 12.8. The lowest BCUT2D eigenvalue weighted by Gasteiger charge is -2.27. The largest absolute Gasteiger partial charge is 0.495 e. The molecule has 206 valence electrons. The molecule has 1 atom stereocenters. The van der Waals surface area contributed by atoms with Gasteiger partial charge in [-0.05, 0) is 54.1 Å². The lowest BCUT2D eigenvalue weighted by molar-refractivity contribution is 0.0734. The predicted molar refractivity (Wildman–Crippen MR) is 156 cm³/mol. The summed E-state index contributed by atoms with van der Waals surface area (Å²) in [5, 5.41) is 11.3. The first-order valence-corrected chi connectivity index (χ1v) is 13.3. The van der Waals surface area contributed by atoms with Crippen molar-refractivity contribution in [3.05, 3.63) is 128 Å². The van der Waals surface area contributed by atoms with Crippen molar-refractivity contribution in [2.24, 2.45) is 5.73 Å². The van der Waals surface area contributed by atoms with Crippen LogP contribution in [0.25, 0.3) is 0 Å². The van der Waals surface area contributed by atoms with Gasteiger partial charge in [0.2, 0.25) is 5.88 Å². The Hall–Kier alpha value is -4.35. The molecule has 0 saturated carbocycles. The van der Waals surface area contributed by atoms with Crippen LogP contribution in [0.5, 0.6) is 23.0 Å². The fourth-order valence-corrected chi connectivity index (χ4v) is 5.11. The summed E-state index contributed by atoms with van der Waals surface area (Å²) < 4.78 is 22.4. The topological polar surface area (TPSA) is 104 Å². The first kappa shape index (κ1) is 28.2. The summed E-state index contributed by atoms with van der Waals surface area (Å²) in [6.45, 7) is 0.223. The van der Waals surface area contributed by atoms with Crippen molar-refractivity contribution in [1.82, 2.24) is 0 Å². The summed E-state index contributed by atoms with van der Waals surface area (Å²) in [5.74, 6) is 0.379. The summed E-state index contributed by atoms with van der Waals surface area (Å²) in [6.07, 6.45) is 0. The minimum absolute atomic E-state index is 0.0466. The van der Waals surface area contributed by atoms with Gasteiger partial charge < -0.3 is 24.7 Å². The van der Waals surface area contributed by atoms with Gasteiger partial charge in [0.25, 0.3) is 0 Å². The van der Waals surface area contributed by atoms with Crippen LogP contribution in [0.15, 0.2) is 90.3 Å². The standard InChI is InChI=1S/C31H21Cl3N2O5/c1-38-27-10-6-18(12-26(27)34)31(37)40-22-8-9-23-28(14-22)41-30(36)24(15-35)29(23)17-3-2-4-21(11-17)39-16-19-5-7-20(32)13-25(19)33/h2-14,29H,16,36H2,1H3. The zero-order valence-electron chi connectivity index (χ0n) is 21.5. The number of nitriles is 1. The van der Waals surface area contributed by atoms with E-state index in [0.29, 0.717) is 32.9 Å². The minimum Gasteiger partial charge on any atom is -0.495 e. The summed E-state index contributed by atoms with van der Waals surface area (Å²) in [7, 11) is 1.48. The van der Waals surface area contributed by atoms with Crippen molar-refractivity contribution in [2.75, 3.05) is 7.11 Å². The van der Waals surface area contributed by atoms with Gasteiger partial charge in [-0.25, -0.2) is 4.79 Å². The number of methoxy groups -OCH3 is 1. The first-order chi connectivity index (χ1) is 19.8. The van der Waals surface area contributed by atoms with Gasteiger partial charge in [0.15, 0.2) is 0 Å². The maximum Gasteiger partial charge on any atom is 0.343 e. The van der Waals surface area contributed by atoms with Crippen molar-refractivity contribution in [1.29, 1.82) is 5.26 Å². The molecule has 10 heteroatoms. The van der Waals surface area contributed by atoms with Crippen LogP contribution < -0.4 is 24.7 Å². The highest BCUT2D eigenvalue weighted by molar-refractivity contribution is 6.35. The third kappa shape index (κ3) is 6.06. The molecule has 1 unspecified atom stereocenters. The number of halogens is 3. The van der Waals surface area contributed by atoms with E-state index in [2.05, 4.69) is 6.07 Å². The number of ether oxygens (including phenoxy) is 4. The Labute approximate surface area is 251 Å². The Balaban J connectivity index is 1.41. The van der Waals surface area contributed by atoms with Crippen molar-refractivity contribution in [2.45, 2.75) is 12.5 Å². The molecule has 0 aromatic heterocycles. The zero-order valence-corrected chi connectivity index (χ0v) is 23.8. The molecule has 0 amide bonds. The smallest absolute Gasteiger partial charge is 0.343 e. The summed E-state index contributed by atoms with van der Waals surface area (Å²) in [5.41, 5.74) is 8.85. The number of benzene rings is 4. The SMILES string of the molecule is COc1ccc(C(=O)Oc2ccc3c(c2)OC(N)=C(C#N)C3c2cccc(OCc3ccc(Cl)cc3Cl)c2)cc1Cl. The fourth-order valence-electron chi connectivity index (χ4n) is 4.39. The molecule has 0 saturated heterocycles. The van der Waals surface area contributed by atoms with Crippen LogP contribution in [-0.2, 0) is 6.61 Å². The van der Waals surface area contributed by atoms with Crippen LogP contribution in [0.1, 0.15) is 33.0 Å². The highest BCUT2D eigenvalue weighted by atomic mass is 35.5. The number of esters is 1. The molecule has 1 aliphatic heterocycles. The molecule has 7 nitrogen and oxygen atoms in total. The fraction of sp³-hybridized carbons (Fsp3) is 0.0968. The van der Waals surface area contributed by atoms with Gasteiger partial charge in [-0.2, -0.15) is 5.26 Å². The number of fused-ring (bicyclic) bond motifs is 1. The molecule has 0 aliphatic carbocycles. The van der Waals surface area contributed by atoms with Crippen molar-refractivity contribution in [3.63, 3.8) is 0 Å². The van der Waals surface area contributed by atoms with Gasteiger partial charge in [-0.3, -0.25) is 0 Å². The Morgan fingerprint density at radius 1 is 0.976 bits per heavy atom. The van der Waals surface area contributed by atoms with Crippen molar-refractivity contribution >= 4 is 40.8 Å². The second-order valence-electron chi connectivity index (χ2n) is 8.96. The number of allylic oxidation sites excluding steroid dienone is 1. The van der Waals surface area contributed by atoms with E-state index in [1.54, 1.807) is 54.6 Å². The molecule has 1 aliphatic rings. The van der Waals surface area contributed by atoms with E-state index in [1.807, 2.05) is 18.2 Å². The van der Waals surface area contributed by atoms with E-state index in [0.717, 1.165) is 11.1 Å². The zero-order chi connectivity index (χ0) is 29.1. The molecule has 2 N–H and O–H groups in total. The number of carbonyl (C=O) groups is 1. The molecule has 5 rings (SSSR count). The monoisotopic (exact) mass is 606 g/mol.